The lowest BCUT2D eigenvalue weighted by Gasteiger charge is -2.16. The van der Waals surface area contributed by atoms with Crippen LogP contribution in [0.5, 0.6) is 17.2 Å². The summed E-state index contributed by atoms with van der Waals surface area (Å²) >= 11 is 0. The van der Waals surface area contributed by atoms with E-state index >= 15 is 0 Å². The summed E-state index contributed by atoms with van der Waals surface area (Å²) in [6, 6.07) is 3.18. The van der Waals surface area contributed by atoms with Crippen molar-refractivity contribution in [2.24, 2.45) is 0 Å². The van der Waals surface area contributed by atoms with Crippen LogP contribution >= 0.6 is 0 Å². The van der Waals surface area contributed by atoms with Crippen molar-refractivity contribution in [2.45, 2.75) is 18.2 Å². The first-order chi connectivity index (χ1) is 8.92. The second-order valence-electron chi connectivity index (χ2n) is 4.59. The number of hydrogen-bond donors (Lipinski definition) is 0. The van der Waals surface area contributed by atoms with Crippen molar-refractivity contribution in [1.82, 2.24) is 0 Å². The van der Waals surface area contributed by atoms with E-state index in [2.05, 4.69) is 0 Å². The van der Waals surface area contributed by atoms with Gasteiger partial charge in [0.2, 0.25) is 5.75 Å². The Kier molecular flexibility index (Phi) is 3.56. The van der Waals surface area contributed by atoms with Gasteiger partial charge in [-0.15, -0.1) is 0 Å². The summed E-state index contributed by atoms with van der Waals surface area (Å²) < 4.78 is 53.4. The van der Waals surface area contributed by atoms with Crippen LogP contribution in [0.25, 0.3) is 0 Å². The van der Waals surface area contributed by atoms with Crippen LogP contribution in [-0.4, -0.2) is 28.3 Å². The Bertz CT molecular complexity index is 451. The summed E-state index contributed by atoms with van der Waals surface area (Å²) in [6.07, 6.45) is 0.141. The first-order valence-electron chi connectivity index (χ1n) is 5.92. The number of rotatable bonds is 5. The van der Waals surface area contributed by atoms with Crippen molar-refractivity contribution in [1.29, 1.82) is 0 Å². The van der Waals surface area contributed by atoms with Crippen molar-refractivity contribution in [3.63, 3.8) is 0 Å². The second-order valence-corrected chi connectivity index (χ2v) is 4.59. The van der Waals surface area contributed by atoms with E-state index in [0.717, 1.165) is 0 Å². The smallest absolute Gasteiger partial charge is 0.481 e. The van der Waals surface area contributed by atoms with E-state index in [1.165, 1.54) is 21.3 Å². The molecule has 1 aliphatic rings. The molecular formula is C12H15BF3O3-. The molecule has 0 bridgehead atoms. The minimum atomic E-state index is -4.78. The molecule has 0 amide bonds. The monoisotopic (exact) mass is 275 g/mol. The molecule has 0 spiro atoms. The van der Waals surface area contributed by atoms with E-state index in [-0.39, 0.29) is 6.42 Å². The van der Waals surface area contributed by atoms with Gasteiger partial charge in [-0.3, -0.25) is 0 Å². The Morgan fingerprint density at radius 1 is 1.00 bits per heavy atom. The number of benzene rings is 1. The largest absolute Gasteiger partial charge is 0.493 e. The molecule has 0 saturated heterocycles. The third kappa shape index (κ3) is 2.59. The summed E-state index contributed by atoms with van der Waals surface area (Å²) in [5.41, 5.74) is 0.582. The highest BCUT2D eigenvalue weighted by atomic mass is 19.4. The average Bonchev–Trinajstić information content (AvgIpc) is 3.16. The molecule has 1 aromatic rings. The van der Waals surface area contributed by atoms with Crippen LogP contribution in [0, 0.1) is 0 Å². The van der Waals surface area contributed by atoms with Crippen LogP contribution in [0.1, 0.15) is 17.9 Å². The van der Waals surface area contributed by atoms with Gasteiger partial charge in [0.15, 0.2) is 11.5 Å². The summed E-state index contributed by atoms with van der Waals surface area (Å²) in [5, 5.41) is 0. The fraction of sp³-hybridized carbons (Fsp3) is 0.500. The maximum absolute atomic E-state index is 12.7. The minimum Gasteiger partial charge on any atom is -0.493 e. The summed E-state index contributed by atoms with van der Waals surface area (Å²) in [4.78, 5) is 0. The van der Waals surface area contributed by atoms with Crippen LogP contribution in [0.3, 0.4) is 0 Å². The van der Waals surface area contributed by atoms with Crippen LogP contribution < -0.4 is 14.2 Å². The molecule has 2 rings (SSSR count). The zero-order chi connectivity index (χ0) is 14.2. The van der Waals surface area contributed by atoms with Crippen LogP contribution in [0.4, 0.5) is 12.9 Å². The minimum absolute atomic E-state index is 0.141. The second kappa shape index (κ2) is 4.87. The van der Waals surface area contributed by atoms with Crippen molar-refractivity contribution in [2.75, 3.05) is 21.3 Å². The Hall–Kier alpha value is -1.53. The molecule has 19 heavy (non-hydrogen) atoms. The molecule has 0 N–H and O–H groups in total. The molecule has 2 atom stereocenters. The van der Waals surface area contributed by atoms with Gasteiger partial charge in [-0.2, -0.15) is 0 Å². The van der Waals surface area contributed by atoms with Crippen LogP contribution in [-0.2, 0) is 0 Å². The fourth-order valence-electron chi connectivity index (χ4n) is 2.33. The standard InChI is InChI=1S/C12H15BF3O3/c1-17-10-4-7(5-11(18-2)12(10)19-3)8-6-9(8)13(14,15)16/h4-5,8-9H,6H2,1-3H3/q-1/t8-,9-/m0/s1. The molecular weight excluding hydrogens is 260 g/mol. The molecule has 0 radical (unpaired) electrons. The van der Waals surface area contributed by atoms with Gasteiger partial charge in [-0.1, -0.05) is 12.2 Å². The van der Waals surface area contributed by atoms with Gasteiger partial charge in [-0.05, 0) is 23.6 Å². The zero-order valence-electron chi connectivity index (χ0n) is 11.0. The molecule has 7 heteroatoms. The van der Waals surface area contributed by atoms with Gasteiger partial charge in [0, 0.05) is 0 Å². The third-order valence-electron chi connectivity index (χ3n) is 3.44. The lowest BCUT2D eigenvalue weighted by atomic mass is 9.81. The Morgan fingerprint density at radius 2 is 1.53 bits per heavy atom. The van der Waals surface area contributed by atoms with Gasteiger partial charge < -0.3 is 27.2 Å². The number of ether oxygens (including phenoxy) is 3. The summed E-state index contributed by atoms with van der Waals surface area (Å²) in [7, 11) is 4.34. The van der Waals surface area contributed by atoms with E-state index in [9.17, 15) is 12.9 Å². The number of methoxy groups -OCH3 is 3. The van der Waals surface area contributed by atoms with Gasteiger partial charge in [0.25, 0.3) is 0 Å². The van der Waals surface area contributed by atoms with Crippen molar-refractivity contribution in [3.8, 4) is 17.2 Å². The predicted octanol–water partition coefficient (Wildman–Crippen LogP) is 3.42. The molecule has 0 aromatic heterocycles. The Morgan fingerprint density at radius 3 is 1.84 bits per heavy atom. The number of hydrogen-bond acceptors (Lipinski definition) is 3. The molecule has 0 heterocycles. The van der Waals surface area contributed by atoms with Crippen molar-refractivity contribution >= 4 is 6.98 Å². The average molecular weight is 275 g/mol. The zero-order valence-corrected chi connectivity index (χ0v) is 11.0. The van der Waals surface area contributed by atoms with E-state index in [1.54, 1.807) is 12.1 Å². The number of halogens is 3. The molecule has 3 nitrogen and oxygen atoms in total. The highest BCUT2D eigenvalue weighted by Gasteiger charge is 2.51. The molecule has 1 saturated carbocycles. The quantitative estimate of drug-likeness (QED) is 0.770. The SMILES string of the molecule is COc1cc([C@@H]2C[C@@H]2[B-](F)(F)F)cc(OC)c1OC. The third-order valence-corrected chi connectivity index (χ3v) is 3.44. The molecule has 0 aliphatic heterocycles. The molecule has 1 fully saturated rings. The molecule has 1 aromatic carbocycles. The normalized spacial score (nSPS) is 22.0. The highest BCUT2D eigenvalue weighted by molar-refractivity contribution is 6.61. The first-order valence-corrected chi connectivity index (χ1v) is 5.92. The first kappa shape index (κ1) is 13.9. The van der Waals surface area contributed by atoms with Crippen molar-refractivity contribution in [3.05, 3.63) is 17.7 Å². The maximum atomic E-state index is 12.7. The molecule has 106 valence electrons. The van der Waals surface area contributed by atoms with Gasteiger partial charge in [0.1, 0.15) is 0 Å². The Labute approximate surface area is 109 Å². The van der Waals surface area contributed by atoms with Gasteiger partial charge in [-0.25, -0.2) is 0 Å². The molecule has 1 aliphatic carbocycles. The van der Waals surface area contributed by atoms with E-state index < -0.39 is 18.7 Å². The van der Waals surface area contributed by atoms with Gasteiger partial charge >= 0.3 is 6.98 Å². The van der Waals surface area contributed by atoms with E-state index in [1.807, 2.05) is 0 Å². The topological polar surface area (TPSA) is 27.7 Å². The fourth-order valence-corrected chi connectivity index (χ4v) is 2.33. The Balaban J connectivity index is 2.34. The predicted molar refractivity (Wildman–Crippen MR) is 66.3 cm³/mol. The maximum Gasteiger partial charge on any atom is 0.481 e. The van der Waals surface area contributed by atoms with E-state index in [0.29, 0.717) is 22.8 Å². The summed E-state index contributed by atoms with van der Waals surface area (Å²) in [6.45, 7) is -4.78. The molecule has 0 unspecified atom stereocenters. The summed E-state index contributed by atoms with van der Waals surface area (Å²) in [5.74, 6) is -0.533. The van der Waals surface area contributed by atoms with Gasteiger partial charge in [0.05, 0.1) is 21.3 Å². The van der Waals surface area contributed by atoms with Crippen LogP contribution in [0.2, 0.25) is 5.82 Å². The van der Waals surface area contributed by atoms with E-state index in [4.69, 9.17) is 14.2 Å². The van der Waals surface area contributed by atoms with Crippen LogP contribution in [0.15, 0.2) is 12.1 Å². The lowest BCUT2D eigenvalue weighted by molar-refractivity contribution is 0.323. The van der Waals surface area contributed by atoms with Crippen molar-refractivity contribution < 1.29 is 27.2 Å². The lowest BCUT2D eigenvalue weighted by Crippen LogP contribution is -2.15. The highest BCUT2D eigenvalue weighted by Crippen LogP contribution is 2.60.